The van der Waals surface area contributed by atoms with Crippen LogP contribution in [0.15, 0.2) is 12.1 Å². The molecule has 0 saturated carbocycles. The number of hydrogen-bond acceptors (Lipinski definition) is 3. The van der Waals surface area contributed by atoms with E-state index in [1.807, 2.05) is 0 Å². The zero-order valence-electron chi connectivity index (χ0n) is 11.1. The molecule has 2 N–H and O–H groups in total. The Morgan fingerprint density at radius 1 is 1.35 bits per heavy atom. The Balaban J connectivity index is 2.72. The second kappa shape index (κ2) is 6.95. The smallest absolute Gasteiger partial charge is 0.306 e. The van der Waals surface area contributed by atoms with E-state index in [0.29, 0.717) is 6.07 Å². The molecule has 110 valence electrons. The minimum Gasteiger partial charge on any atom is -0.481 e. The van der Waals surface area contributed by atoms with Crippen LogP contribution in [-0.4, -0.2) is 36.7 Å². The third-order valence-corrected chi connectivity index (χ3v) is 2.72. The molecule has 0 aliphatic rings. The van der Waals surface area contributed by atoms with Crippen molar-refractivity contribution in [3.63, 3.8) is 0 Å². The molecule has 0 fully saturated rings. The third kappa shape index (κ3) is 4.27. The highest BCUT2D eigenvalue weighted by molar-refractivity contribution is 5.94. The number of amides is 1. The molecule has 0 bridgehead atoms. The molecule has 1 amide bonds. The van der Waals surface area contributed by atoms with Gasteiger partial charge in [-0.3, -0.25) is 9.59 Å². The maximum absolute atomic E-state index is 13.5. The van der Waals surface area contributed by atoms with Crippen LogP contribution in [0.25, 0.3) is 0 Å². The number of halogens is 2. The largest absolute Gasteiger partial charge is 0.481 e. The summed E-state index contributed by atoms with van der Waals surface area (Å²) in [6, 6.07) is 1.73. The Kier molecular flexibility index (Phi) is 5.57. The summed E-state index contributed by atoms with van der Waals surface area (Å²) in [6.45, 7) is 1.32. The van der Waals surface area contributed by atoms with Crippen molar-refractivity contribution in [2.45, 2.75) is 19.4 Å². The van der Waals surface area contributed by atoms with Gasteiger partial charge in [0.25, 0.3) is 5.91 Å². The molecule has 0 heterocycles. The summed E-state index contributed by atoms with van der Waals surface area (Å²) >= 11 is 0. The van der Waals surface area contributed by atoms with Gasteiger partial charge in [0.2, 0.25) is 0 Å². The lowest BCUT2D eigenvalue weighted by Crippen LogP contribution is -2.35. The Morgan fingerprint density at radius 2 is 2.00 bits per heavy atom. The van der Waals surface area contributed by atoms with Crippen molar-refractivity contribution in [1.29, 1.82) is 0 Å². The molecule has 0 saturated heterocycles. The van der Waals surface area contributed by atoms with E-state index >= 15 is 0 Å². The van der Waals surface area contributed by atoms with Crippen LogP contribution in [0.5, 0.6) is 0 Å². The van der Waals surface area contributed by atoms with Crippen molar-refractivity contribution >= 4 is 11.9 Å². The normalized spacial score (nSPS) is 12.0. The van der Waals surface area contributed by atoms with E-state index in [0.717, 1.165) is 6.07 Å². The zero-order valence-corrected chi connectivity index (χ0v) is 11.1. The molecule has 1 atom stereocenters. The minimum absolute atomic E-state index is 0.0858. The number of ether oxygens (including phenoxy) is 1. The molecule has 0 radical (unpaired) electrons. The lowest BCUT2D eigenvalue weighted by Gasteiger charge is -2.14. The van der Waals surface area contributed by atoms with Gasteiger partial charge in [-0.1, -0.05) is 0 Å². The van der Waals surface area contributed by atoms with Gasteiger partial charge >= 0.3 is 5.97 Å². The van der Waals surface area contributed by atoms with E-state index in [2.05, 4.69) is 5.32 Å². The maximum Gasteiger partial charge on any atom is 0.306 e. The minimum atomic E-state index is -1.07. The number of aliphatic carboxylic acids is 1. The molecule has 0 aliphatic heterocycles. The number of hydrogen-bond donors (Lipinski definition) is 2. The highest BCUT2D eigenvalue weighted by atomic mass is 19.1. The number of nitrogens with one attached hydrogen (secondary N) is 1. The maximum atomic E-state index is 13.5. The van der Waals surface area contributed by atoms with E-state index < -0.39 is 29.6 Å². The first-order valence-corrected chi connectivity index (χ1v) is 5.83. The zero-order chi connectivity index (χ0) is 15.3. The molecular weight excluding hydrogens is 272 g/mol. The molecule has 1 unspecified atom stereocenters. The molecule has 0 aromatic heterocycles. The second-order valence-electron chi connectivity index (χ2n) is 4.25. The highest BCUT2D eigenvalue weighted by Crippen LogP contribution is 2.14. The fraction of sp³-hybridized carbons (Fsp3) is 0.385. The van der Waals surface area contributed by atoms with Gasteiger partial charge in [-0.2, -0.15) is 0 Å². The molecule has 1 rings (SSSR count). The number of carboxylic acids is 1. The molecule has 5 nitrogen and oxygen atoms in total. The average molecular weight is 287 g/mol. The van der Waals surface area contributed by atoms with E-state index in [1.54, 1.807) is 0 Å². The first kappa shape index (κ1) is 16.0. The fourth-order valence-corrected chi connectivity index (χ4v) is 1.57. The number of benzene rings is 1. The SMILES string of the molecule is COC(CNC(=O)c1cc(C)c(F)cc1F)CC(=O)O. The van der Waals surface area contributed by atoms with E-state index in [1.165, 1.54) is 14.0 Å². The Morgan fingerprint density at radius 3 is 2.55 bits per heavy atom. The van der Waals surface area contributed by atoms with Crippen molar-refractivity contribution in [2.24, 2.45) is 0 Å². The monoisotopic (exact) mass is 287 g/mol. The van der Waals surface area contributed by atoms with Gasteiger partial charge in [0, 0.05) is 19.7 Å². The lowest BCUT2D eigenvalue weighted by molar-refractivity contribution is -0.139. The van der Waals surface area contributed by atoms with Crippen molar-refractivity contribution in [1.82, 2.24) is 5.32 Å². The number of aryl methyl sites for hydroxylation is 1. The van der Waals surface area contributed by atoms with Crippen LogP contribution in [-0.2, 0) is 9.53 Å². The summed E-state index contributed by atoms with van der Waals surface area (Å²) in [5.41, 5.74) is -0.153. The third-order valence-electron chi connectivity index (χ3n) is 2.72. The van der Waals surface area contributed by atoms with Gasteiger partial charge in [0.1, 0.15) is 11.6 Å². The molecule has 7 heteroatoms. The topological polar surface area (TPSA) is 75.6 Å². The van der Waals surface area contributed by atoms with Gasteiger partial charge in [0.15, 0.2) is 0 Å². The van der Waals surface area contributed by atoms with Gasteiger partial charge in [-0.25, -0.2) is 8.78 Å². The van der Waals surface area contributed by atoms with Crippen LogP contribution >= 0.6 is 0 Å². The quantitative estimate of drug-likeness (QED) is 0.831. The van der Waals surface area contributed by atoms with Crippen LogP contribution in [0.4, 0.5) is 8.78 Å². The summed E-state index contributed by atoms with van der Waals surface area (Å²) in [7, 11) is 1.31. The van der Waals surface area contributed by atoms with Crippen LogP contribution in [0.3, 0.4) is 0 Å². The first-order valence-electron chi connectivity index (χ1n) is 5.83. The van der Waals surface area contributed by atoms with Crippen molar-refractivity contribution in [3.8, 4) is 0 Å². The standard InChI is InChI=1S/C13H15F2NO4/c1-7-3-9(11(15)5-10(7)14)13(19)16-6-8(20-2)4-12(17)18/h3,5,8H,4,6H2,1-2H3,(H,16,19)(H,17,18). The second-order valence-corrected chi connectivity index (χ2v) is 4.25. The fourth-order valence-electron chi connectivity index (χ4n) is 1.57. The van der Waals surface area contributed by atoms with Crippen molar-refractivity contribution in [3.05, 3.63) is 34.9 Å². The van der Waals surface area contributed by atoms with Crippen LogP contribution in [0, 0.1) is 18.6 Å². The number of carbonyl (C=O) groups excluding carboxylic acids is 1. The molecule has 20 heavy (non-hydrogen) atoms. The average Bonchev–Trinajstić information content (AvgIpc) is 2.37. The molecule has 1 aromatic rings. The summed E-state index contributed by atoms with van der Waals surface area (Å²) in [5, 5.41) is 11.0. The van der Waals surface area contributed by atoms with Crippen LogP contribution in [0.1, 0.15) is 22.3 Å². The number of carbonyl (C=O) groups is 2. The molecular formula is C13H15F2NO4. The summed E-state index contributed by atoms with van der Waals surface area (Å²) in [5.74, 6) is -3.54. The van der Waals surface area contributed by atoms with Gasteiger partial charge in [-0.15, -0.1) is 0 Å². The molecule has 0 spiro atoms. The van der Waals surface area contributed by atoms with Gasteiger partial charge < -0.3 is 15.2 Å². The predicted octanol–water partition coefficient (Wildman–Crippen LogP) is 1.49. The van der Waals surface area contributed by atoms with Crippen LogP contribution in [0.2, 0.25) is 0 Å². The van der Waals surface area contributed by atoms with E-state index in [-0.39, 0.29) is 24.1 Å². The van der Waals surface area contributed by atoms with Gasteiger partial charge in [0.05, 0.1) is 18.1 Å². The molecule has 0 aliphatic carbocycles. The van der Waals surface area contributed by atoms with Crippen LogP contribution < -0.4 is 5.32 Å². The Hall–Kier alpha value is -2.02. The molecule has 1 aromatic carbocycles. The summed E-state index contributed by atoms with van der Waals surface area (Å²) < 4.78 is 31.4. The number of methoxy groups -OCH3 is 1. The van der Waals surface area contributed by atoms with E-state index in [4.69, 9.17) is 9.84 Å². The number of rotatable bonds is 6. The lowest BCUT2D eigenvalue weighted by atomic mass is 10.1. The summed E-state index contributed by atoms with van der Waals surface area (Å²) in [6.07, 6.45) is -1.01. The predicted molar refractivity (Wildman–Crippen MR) is 66.5 cm³/mol. The Bertz CT molecular complexity index is 519. The Labute approximate surface area is 114 Å². The van der Waals surface area contributed by atoms with E-state index in [9.17, 15) is 18.4 Å². The first-order chi connectivity index (χ1) is 9.35. The van der Waals surface area contributed by atoms with Crippen molar-refractivity contribution < 1.29 is 28.2 Å². The highest BCUT2D eigenvalue weighted by Gasteiger charge is 2.17. The summed E-state index contributed by atoms with van der Waals surface area (Å²) in [4.78, 5) is 22.3. The van der Waals surface area contributed by atoms with Gasteiger partial charge in [-0.05, 0) is 18.6 Å². The number of carboxylic acid groups (broad SMARTS) is 1. The van der Waals surface area contributed by atoms with Crippen molar-refractivity contribution in [2.75, 3.05) is 13.7 Å².